The highest BCUT2D eigenvalue weighted by Crippen LogP contribution is 2.27. The smallest absolute Gasteiger partial charge is 0.221 e. The van der Waals surface area contributed by atoms with Crippen LogP contribution in [0, 0.1) is 5.82 Å². The summed E-state index contributed by atoms with van der Waals surface area (Å²) in [7, 11) is 0. The van der Waals surface area contributed by atoms with Crippen molar-refractivity contribution < 1.29 is 9.18 Å². The Morgan fingerprint density at radius 1 is 1.35 bits per heavy atom. The van der Waals surface area contributed by atoms with E-state index in [0.717, 1.165) is 5.56 Å². The Balaban J connectivity index is 1.79. The number of nitrogens with zero attached hydrogens (tertiary/aromatic N) is 1. The number of benzene rings is 1. The summed E-state index contributed by atoms with van der Waals surface area (Å²) in [6.45, 7) is 2.49. The Kier molecular flexibility index (Phi) is 3.87. The Labute approximate surface area is 118 Å². The molecule has 1 saturated heterocycles. The Bertz CT molecular complexity index is 502. The van der Waals surface area contributed by atoms with Crippen LogP contribution < -0.4 is 15.5 Å². The molecule has 0 spiro atoms. The van der Waals surface area contributed by atoms with Crippen LogP contribution >= 0.6 is 0 Å². The first-order chi connectivity index (χ1) is 9.74. The SMILES string of the molecule is O=C1CCN(c2c(F)cccc2CNC2CC2)CCN1. The molecule has 0 atom stereocenters. The van der Waals surface area contributed by atoms with Crippen molar-refractivity contribution in [3.63, 3.8) is 0 Å². The summed E-state index contributed by atoms with van der Waals surface area (Å²) in [5.41, 5.74) is 1.63. The molecule has 0 radical (unpaired) electrons. The molecule has 1 saturated carbocycles. The van der Waals surface area contributed by atoms with Gasteiger partial charge in [-0.15, -0.1) is 0 Å². The number of anilines is 1. The second-order valence-corrected chi connectivity index (χ2v) is 5.49. The third kappa shape index (κ3) is 3.10. The Morgan fingerprint density at radius 2 is 2.20 bits per heavy atom. The van der Waals surface area contributed by atoms with E-state index < -0.39 is 0 Å². The van der Waals surface area contributed by atoms with Gasteiger partial charge in [-0.25, -0.2) is 4.39 Å². The minimum atomic E-state index is -0.200. The van der Waals surface area contributed by atoms with Gasteiger partial charge in [-0.2, -0.15) is 0 Å². The number of halogens is 1. The highest BCUT2D eigenvalue weighted by molar-refractivity contribution is 5.77. The van der Waals surface area contributed by atoms with E-state index >= 15 is 0 Å². The summed E-state index contributed by atoms with van der Waals surface area (Å²) in [6.07, 6.45) is 2.85. The van der Waals surface area contributed by atoms with E-state index in [0.29, 0.717) is 44.3 Å². The molecular formula is C15H20FN3O. The van der Waals surface area contributed by atoms with Gasteiger partial charge < -0.3 is 15.5 Å². The summed E-state index contributed by atoms with van der Waals surface area (Å²) in [5, 5.41) is 6.25. The molecule has 4 nitrogen and oxygen atoms in total. The van der Waals surface area contributed by atoms with Crippen molar-refractivity contribution in [3.05, 3.63) is 29.6 Å². The van der Waals surface area contributed by atoms with Crippen LogP contribution in [0.15, 0.2) is 18.2 Å². The molecule has 2 fully saturated rings. The maximum absolute atomic E-state index is 14.2. The molecule has 1 amide bonds. The van der Waals surface area contributed by atoms with E-state index in [-0.39, 0.29) is 11.7 Å². The van der Waals surface area contributed by atoms with Gasteiger partial charge in [0, 0.05) is 38.6 Å². The Hall–Kier alpha value is -1.62. The van der Waals surface area contributed by atoms with Gasteiger partial charge in [0.15, 0.2) is 0 Å². The molecule has 1 aromatic carbocycles. The average molecular weight is 277 g/mol. The first-order valence-electron chi connectivity index (χ1n) is 7.26. The second kappa shape index (κ2) is 5.79. The van der Waals surface area contributed by atoms with E-state index in [2.05, 4.69) is 10.6 Å². The lowest BCUT2D eigenvalue weighted by Crippen LogP contribution is -2.30. The predicted molar refractivity (Wildman–Crippen MR) is 76.1 cm³/mol. The number of carbonyl (C=O) groups is 1. The van der Waals surface area contributed by atoms with Crippen LogP contribution in [0.5, 0.6) is 0 Å². The molecule has 3 rings (SSSR count). The monoisotopic (exact) mass is 277 g/mol. The fourth-order valence-electron chi connectivity index (χ4n) is 2.59. The predicted octanol–water partition coefficient (Wildman–Crippen LogP) is 1.40. The summed E-state index contributed by atoms with van der Waals surface area (Å²) in [6, 6.07) is 5.81. The standard InChI is InChI=1S/C15H20FN3O/c16-13-3-1-2-11(10-18-12-4-5-12)15(13)19-8-6-14(20)17-7-9-19/h1-3,12,18H,4-10H2,(H,17,20). The van der Waals surface area contributed by atoms with E-state index in [1.54, 1.807) is 6.07 Å². The number of hydrogen-bond acceptors (Lipinski definition) is 3. The van der Waals surface area contributed by atoms with E-state index in [1.165, 1.54) is 18.9 Å². The van der Waals surface area contributed by atoms with Crippen molar-refractivity contribution in [2.24, 2.45) is 0 Å². The zero-order valence-electron chi connectivity index (χ0n) is 11.5. The zero-order valence-corrected chi connectivity index (χ0v) is 11.5. The third-order valence-corrected chi connectivity index (χ3v) is 3.86. The fraction of sp³-hybridized carbons (Fsp3) is 0.533. The van der Waals surface area contributed by atoms with Gasteiger partial charge in [0.25, 0.3) is 0 Å². The molecule has 2 N–H and O–H groups in total. The number of carbonyl (C=O) groups excluding carboxylic acids is 1. The molecule has 1 heterocycles. The van der Waals surface area contributed by atoms with Crippen LogP contribution in [0.25, 0.3) is 0 Å². The second-order valence-electron chi connectivity index (χ2n) is 5.49. The zero-order chi connectivity index (χ0) is 13.9. The first-order valence-corrected chi connectivity index (χ1v) is 7.26. The van der Waals surface area contributed by atoms with Crippen LogP contribution in [0.4, 0.5) is 10.1 Å². The van der Waals surface area contributed by atoms with E-state index in [9.17, 15) is 9.18 Å². The molecule has 0 aromatic heterocycles. The number of rotatable bonds is 4. The van der Waals surface area contributed by atoms with Gasteiger partial charge in [-0.05, 0) is 24.5 Å². The molecule has 5 heteroatoms. The first kappa shape index (κ1) is 13.4. The number of hydrogen-bond donors (Lipinski definition) is 2. The quantitative estimate of drug-likeness (QED) is 0.874. The van der Waals surface area contributed by atoms with Gasteiger partial charge in [0.1, 0.15) is 5.82 Å². The lowest BCUT2D eigenvalue weighted by atomic mass is 10.1. The lowest BCUT2D eigenvalue weighted by Gasteiger charge is -2.25. The van der Waals surface area contributed by atoms with E-state index in [1.807, 2.05) is 11.0 Å². The van der Waals surface area contributed by atoms with Gasteiger partial charge in [0.05, 0.1) is 5.69 Å². The summed E-state index contributed by atoms with van der Waals surface area (Å²) in [5.74, 6) is -0.157. The summed E-state index contributed by atoms with van der Waals surface area (Å²) in [4.78, 5) is 13.4. The Morgan fingerprint density at radius 3 is 3.00 bits per heavy atom. The normalized spacial score (nSPS) is 19.6. The van der Waals surface area contributed by atoms with E-state index in [4.69, 9.17) is 0 Å². The average Bonchev–Trinajstić information content (AvgIpc) is 3.25. The molecule has 2 aliphatic rings. The molecular weight excluding hydrogens is 257 g/mol. The van der Waals surface area contributed by atoms with Crippen molar-refractivity contribution in [1.82, 2.24) is 10.6 Å². The van der Waals surface area contributed by atoms with Crippen LogP contribution in [0.2, 0.25) is 0 Å². The topological polar surface area (TPSA) is 44.4 Å². The molecule has 108 valence electrons. The number of nitrogens with one attached hydrogen (secondary N) is 2. The fourth-order valence-corrected chi connectivity index (χ4v) is 2.59. The van der Waals surface area contributed by atoms with Gasteiger partial charge in [-0.3, -0.25) is 4.79 Å². The molecule has 0 bridgehead atoms. The van der Waals surface area contributed by atoms with Crippen LogP contribution in [-0.4, -0.2) is 31.6 Å². The van der Waals surface area contributed by atoms with Gasteiger partial charge >= 0.3 is 0 Å². The molecule has 1 aromatic rings. The van der Waals surface area contributed by atoms with Crippen molar-refractivity contribution >= 4 is 11.6 Å². The number of para-hydroxylation sites is 1. The molecule has 1 aliphatic heterocycles. The lowest BCUT2D eigenvalue weighted by molar-refractivity contribution is -0.120. The van der Waals surface area contributed by atoms with Crippen LogP contribution in [0.1, 0.15) is 24.8 Å². The third-order valence-electron chi connectivity index (χ3n) is 3.86. The van der Waals surface area contributed by atoms with Crippen molar-refractivity contribution in [2.75, 3.05) is 24.5 Å². The highest BCUT2D eigenvalue weighted by atomic mass is 19.1. The maximum atomic E-state index is 14.2. The van der Waals surface area contributed by atoms with Crippen molar-refractivity contribution in [1.29, 1.82) is 0 Å². The minimum Gasteiger partial charge on any atom is -0.367 e. The highest BCUT2D eigenvalue weighted by Gasteiger charge is 2.23. The maximum Gasteiger partial charge on any atom is 0.221 e. The molecule has 0 unspecified atom stereocenters. The molecule has 1 aliphatic carbocycles. The largest absolute Gasteiger partial charge is 0.367 e. The van der Waals surface area contributed by atoms with Crippen LogP contribution in [0.3, 0.4) is 0 Å². The van der Waals surface area contributed by atoms with Crippen molar-refractivity contribution in [2.45, 2.75) is 31.8 Å². The van der Waals surface area contributed by atoms with Crippen LogP contribution in [-0.2, 0) is 11.3 Å². The van der Waals surface area contributed by atoms with Gasteiger partial charge in [0.2, 0.25) is 5.91 Å². The summed E-state index contributed by atoms with van der Waals surface area (Å²) >= 11 is 0. The minimum absolute atomic E-state index is 0.0431. The van der Waals surface area contributed by atoms with Gasteiger partial charge in [-0.1, -0.05) is 12.1 Å². The number of amides is 1. The van der Waals surface area contributed by atoms with Crippen molar-refractivity contribution in [3.8, 4) is 0 Å². The summed E-state index contributed by atoms with van der Waals surface area (Å²) < 4.78 is 14.2. The molecule has 20 heavy (non-hydrogen) atoms.